The average Bonchev–Trinajstić information content (AvgIpc) is 3.55. The van der Waals surface area contributed by atoms with Crippen molar-refractivity contribution in [1.29, 1.82) is 0 Å². The van der Waals surface area contributed by atoms with Crippen LogP contribution in [0.3, 0.4) is 0 Å². The molecule has 42 heavy (non-hydrogen) atoms. The number of nitrogens with zero attached hydrogens (tertiary/aromatic N) is 7. The summed E-state index contributed by atoms with van der Waals surface area (Å²) in [6.07, 6.45) is 0.408. The zero-order valence-corrected chi connectivity index (χ0v) is 25.0. The van der Waals surface area contributed by atoms with E-state index in [-0.39, 0.29) is 33.7 Å². The fraction of sp³-hybridized carbons (Fsp3) is 0.455. The Bertz CT molecular complexity index is 1460. The highest BCUT2D eigenvalue weighted by molar-refractivity contribution is 8.01. The number of nitrogens with one attached hydrogen (secondary N) is 2. The summed E-state index contributed by atoms with van der Waals surface area (Å²) in [4.78, 5) is 71.7. The number of β-lactam (4-membered cyclic amide) rings is 1. The smallest absolute Gasteiger partial charge is 0.352 e. The number of carboxylic acid groups (broad SMARTS) is 1. The van der Waals surface area contributed by atoms with E-state index in [0.717, 1.165) is 16.2 Å². The second kappa shape index (κ2) is 12.9. The number of rotatable bonds is 12. The van der Waals surface area contributed by atoms with Crippen molar-refractivity contribution in [3.8, 4) is 0 Å². The van der Waals surface area contributed by atoms with Crippen LogP contribution in [0.5, 0.6) is 0 Å². The molecule has 4 rings (SSSR count). The summed E-state index contributed by atoms with van der Waals surface area (Å²) in [5, 5.41) is 31.1. The number of amides is 3. The van der Waals surface area contributed by atoms with Crippen molar-refractivity contribution in [3.05, 3.63) is 22.3 Å². The first kappa shape index (κ1) is 30.9. The van der Waals surface area contributed by atoms with Gasteiger partial charge in [-0.15, -0.1) is 28.2 Å². The molecule has 0 spiro atoms. The number of fused-ring (bicyclic) bond motifs is 1. The van der Waals surface area contributed by atoms with E-state index in [4.69, 9.17) is 9.57 Å². The van der Waals surface area contributed by atoms with Crippen molar-refractivity contribution >= 4 is 75.9 Å². The lowest BCUT2D eigenvalue weighted by atomic mass is 10.0. The van der Waals surface area contributed by atoms with Gasteiger partial charge in [-0.25, -0.2) is 19.3 Å². The molecule has 2 atom stereocenters. The normalized spacial score (nSPS) is 18.6. The highest BCUT2D eigenvalue weighted by Gasteiger charge is 2.54. The van der Waals surface area contributed by atoms with Gasteiger partial charge in [0.1, 0.15) is 28.4 Å². The molecule has 1 unspecified atom stereocenters. The number of thiazole rings is 1. The van der Waals surface area contributed by atoms with Crippen molar-refractivity contribution in [2.24, 2.45) is 12.2 Å². The van der Waals surface area contributed by atoms with E-state index in [0.29, 0.717) is 17.1 Å². The lowest BCUT2D eigenvalue weighted by molar-refractivity contribution is -0.160. The first-order valence-corrected chi connectivity index (χ1v) is 14.9. The molecule has 224 valence electrons. The number of hydrogen-bond acceptors (Lipinski definition) is 15. The van der Waals surface area contributed by atoms with Crippen LogP contribution in [0.25, 0.3) is 0 Å². The van der Waals surface area contributed by atoms with Crippen molar-refractivity contribution in [2.45, 2.75) is 42.9 Å². The van der Waals surface area contributed by atoms with E-state index in [1.165, 1.54) is 33.6 Å². The van der Waals surface area contributed by atoms with Gasteiger partial charge in [0, 0.05) is 23.9 Å². The molecule has 2 aliphatic rings. The minimum absolute atomic E-state index is 0.00895. The Labute approximate surface area is 250 Å². The number of aryl methyl sites for hydroxylation is 1. The SMILES string of the molecule is Cn1nnnc1SCC1=C(C(=O)O)N2C(=O)C(NC(=O)/C(=N\OCC(=O)OC(C)(C)C)c3csc(NC=O)n3)[C@H]2SC1. The number of oxime groups is 1. The van der Waals surface area contributed by atoms with Gasteiger partial charge in [0.2, 0.25) is 18.2 Å². The summed E-state index contributed by atoms with van der Waals surface area (Å²) < 4.78 is 6.60. The summed E-state index contributed by atoms with van der Waals surface area (Å²) in [7, 11) is 1.65. The first-order chi connectivity index (χ1) is 19.9. The van der Waals surface area contributed by atoms with E-state index in [2.05, 4.69) is 36.3 Å². The number of tetrazole rings is 1. The van der Waals surface area contributed by atoms with Crippen molar-refractivity contribution < 1.29 is 38.7 Å². The fourth-order valence-corrected chi connectivity index (χ4v) is 6.71. The lowest BCUT2D eigenvalue weighted by Gasteiger charge is -2.49. The van der Waals surface area contributed by atoms with E-state index in [1.807, 2.05) is 0 Å². The van der Waals surface area contributed by atoms with Crippen LogP contribution in [-0.2, 0) is 40.6 Å². The topological polar surface area (TPSA) is 220 Å². The third-order valence-electron chi connectivity index (χ3n) is 5.40. The van der Waals surface area contributed by atoms with Gasteiger partial charge in [-0.05, 0) is 36.8 Å². The maximum absolute atomic E-state index is 13.3. The first-order valence-electron chi connectivity index (χ1n) is 12.0. The number of aliphatic carboxylic acids is 1. The van der Waals surface area contributed by atoms with Crippen LogP contribution in [0.1, 0.15) is 26.5 Å². The Morgan fingerprint density at radius 1 is 1.33 bits per heavy atom. The van der Waals surface area contributed by atoms with Crippen LogP contribution < -0.4 is 10.6 Å². The number of hydrogen-bond donors (Lipinski definition) is 3. The zero-order valence-electron chi connectivity index (χ0n) is 22.6. The molecule has 0 aromatic carbocycles. The van der Waals surface area contributed by atoms with E-state index in [1.54, 1.807) is 27.8 Å². The van der Waals surface area contributed by atoms with E-state index >= 15 is 0 Å². The van der Waals surface area contributed by atoms with Gasteiger partial charge in [0.15, 0.2) is 10.8 Å². The molecule has 1 saturated heterocycles. The number of carbonyl (C=O) groups is 5. The molecule has 17 nitrogen and oxygen atoms in total. The maximum Gasteiger partial charge on any atom is 0.352 e. The van der Waals surface area contributed by atoms with E-state index < -0.39 is 47.4 Å². The van der Waals surface area contributed by atoms with Gasteiger partial charge < -0.3 is 25.3 Å². The minimum Gasteiger partial charge on any atom is -0.477 e. The van der Waals surface area contributed by atoms with Crippen molar-refractivity contribution in [2.75, 3.05) is 23.4 Å². The summed E-state index contributed by atoms with van der Waals surface area (Å²) in [5.41, 5.74) is -0.781. The predicted octanol–water partition coefficient (Wildman–Crippen LogP) is -0.172. The Hall–Kier alpha value is -4.04. The van der Waals surface area contributed by atoms with Gasteiger partial charge in [-0.2, -0.15) is 0 Å². The molecule has 0 aliphatic carbocycles. The molecular weight excluding hydrogens is 614 g/mol. The molecule has 2 aromatic rings. The Kier molecular flexibility index (Phi) is 9.46. The highest BCUT2D eigenvalue weighted by Crippen LogP contribution is 2.41. The summed E-state index contributed by atoms with van der Waals surface area (Å²) in [6, 6.07) is -1.07. The monoisotopic (exact) mass is 639 g/mol. The molecule has 3 N–H and O–H groups in total. The third-order valence-corrected chi connectivity index (χ3v) is 8.61. The number of carbonyl (C=O) groups excluding carboxylic acids is 4. The Balaban J connectivity index is 1.49. The quantitative estimate of drug-likeness (QED) is 0.0686. The fourth-order valence-electron chi connectivity index (χ4n) is 3.72. The van der Waals surface area contributed by atoms with Gasteiger partial charge in [-0.1, -0.05) is 16.9 Å². The van der Waals surface area contributed by atoms with Crippen LogP contribution in [0.15, 0.2) is 27.0 Å². The van der Waals surface area contributed by atoms with Crippen LogP contribution >= 0.6 is 34.9 Å². The summed E-state index contributed by atoms with van der Waals surface area (Å²) in [5.74, 6) is -2.97. The molecule has 3 amide bonds. The molecule has 2 aromatic heterocycles. The van der Waals surface area contributed by atoms with Crippen LogP contribution in [0, 0.1) is 0 Å². The molecule has 1 fully saturated rings. The van der Waals surface area contributed by atoms with Crippen LogP contribution in [0.2, 0.25) is 0 Å². The Morgan fingerprint density at radius 3 is 2.74 bits per heavy atom. The van der Waals surface area contributed by atoms with Crippen molar-refractivity contribution in [1.82, 2.24) is 35.4 Å². The molecular formula is C22H25N9O8S3. The van der Waals surface area contributed by atoms with Gasteiger partial charge in [-0.3, -0.25) is 19.3 Å². The highest BCUT2D eigenvalue weighted by atomic mass is 32.2. The number of esters is 1. The largest absolute Gasteiger partial charge is 0.477 e. The predicted molar refractivity (Wildman–Crippen MR) is 149 cm³/mol. The third kappa shape index (κ3) is 7.05. The molecule has 0 radical (unpaired) electrons. The molecule has 4 heterocycles. The summed E-state index contributed by atoms with van der Waals surface area (Å²) in [6.45, 7) is 4.42. The number of carboxylic acids is 1. The molecule has 2 aliphatic heterocycles. The van der Waals surface area contributed by atoms with Crippen molar-refractivity contribution in [3.63, 3.8) is 0 Å². The van der Waals surface area contributed by atoms with E-state index in [9.17, 15) is 29.1 Å². The molecule has 20 heteroatoms. The zero-order chi connectivity index (χ0) is 30.6. The second-order valence-corrected chi connectivity index (χ2v) is 12.5. The number of thioether (sulfide) groups is 2. The second-order valence-electron chi connectivity index (χ2n) is 9.59. The number of ether oxygens (including phenoxy) is 1. The van der Waals surface area contributed by atoms with Gasteiger partial charge in [0.05, 0.1) is 0 Å². The Morgan fingerprint density at radius 2 is 2.10 bits per heavy atom. The average molecular weight is 640 g/mol. The number of anilines is 1. The molecule has 0 saturated carbocycles. The van der Waals surface area contributed by atoms with Crippen LogP contribution in [-0.4, -0.2) is 106 Å². The molecule has 0 bridgehead atoms. The minimum atomic E-state index is -1.28. The van der Waals surface area contributed by atoms with Gasteiger partial charge in [0.25, 0.3) is 11.8 Å². The lowest BCUT2D eigenvalue weighted by Crippen LogP contribution is -2.71. The standard InChI is InChI=1S/C22H25N9O8S3/c1-22(2,3)39-12(33)5-38-27-13(11-8-41-20(24-11)23-9-32)16(34)25-14-17(35)31-15(19(36)37)10(6-40-18(14)31)7-42-21-26-28-29-30(21)4/h8-9,14,18H,5-7H2,1-4H3,(H,25,34)(H,36,37)(H,23,24,32)/b27-13-/t14?,18-/m1/s1. The number of aromatic nitrogens is 5. The van der Waals surface area contributed by atoms with Gasteiger partial charge >= 0.3 is 11.9 Å². The van der Waals surface area contributed by atoms with Crippen LogP contribution in [0.4, 0.5) is 5.13 Å². The summed E-state index contributed by atoms with van der Waals surface area (Å²) >= 11 is 3.52. The maximum atomic E-state index is 13.3.